The lowest BCUT2D eigenvalue weighted by molar-refractivity contribution is 0.0898. The molecule has 3 rings (SSSR count). The predicted octanol–water partition coefficient (Wildman–Crippen LogP) is 2.40. The molecule has 0 radical (unpaired) electrons. The van der Waals surface area contributed by atoms with Crippen LogP contribution in [0.3, 0.4) is 0 Å². The molecule has 1 aromatic rings. The molecule has 1 unspecified atom stereocenters. The number of carbonyl (C=O) groups is 1. The Morgan fingerprint density at radius 3 is 3.10 bits per heavy atom. The number of hydrogen-bond donors (Lipinski definition) is 2. The topological polar surface area (TPSA) is 59.0 Å². The van der Waals surface area contributed by atoms with Crippen molar-refractivity contribution in [1.82, 2.24) is 14.9 Å². The van der Waals surface area contributed by atoms with Crippen molar-refractivity contribution >= 4 is 11.9 Å². The van der Waals surface area contributed by atoms with Crippen molar-refractivity contribution in [3.8, 4) is 0 Å². The first-order valence-corrected chi connectivity index (χ1v) is 7.65. The van der Waals surface area contributed by atoms with E-state index in [0.29, 0.717) is 11.1 Å². The molecule has 1 fully saturated rings. The van der Waals surface area contributed by atoms with Gasteiger partial charge in [-0.25, -0.2) is 4.98 Å². The summed E-state index contributed by atoms with van der Waals surface area (Å²) in [6.45, 7) is 6.45. The average Bonchev–Trinajstić information content (AvgIpc) is 2.81. The second kappa shape index (κ2) is 5.11. The number of anilines is 1. The Hall–Kier alpha value is -1.52. The number of rotatable bonds is 2. The molecule has 0 bridgehead atoms. The van der Waals surface area contributed by atoms with Crippen molar-refractivity contribution in [2.75, 3.05) is 11.9 Å². The summed E-state index contributed by atoms with van der Waals surface area (Å²) in [5, 5.41) is 6.38. The SMILES string of the molecule is CC1(C)CCCC(NC(=O)c2cn3c(n2)NCCC3)C1. The lowest BCUT2D eigenvalue weighted by Crippen LogP contribution is -2.40. The van der Waals surface area contributed by atoms with E-state index >= 15 is 0 Å². The molecule has 1 saturated carbocycles. The Balaban J connectivity index is 1.65. The third-order valence-corrected chi connectivity index (χ3v) is 4.41. The van der Waals surface area contributed by atoms with Crippen LogP contribution in [0, 0.1) is 5.41 Å². The first-order valence-electron chi connectivity index (χ1n) is 7.65. The van der Waals surface area contributed by atoms with Gasteiger partial charge < -0.3 is 15.2 Å². The fourth-order valence-electron chi connectivity index (χ4n) is 3.37. The van der Waals surface area contributed by atoms with Crippen molar-refractivity contribution < 1.29 is 4.79 Å². The van der Waals surface area contributed by atoms with Gasteiger partial charge in [0.2, 0.25) is 5.95 Å². The zero-order valence-corrected chi connectivity index (χ0v) is 12.4. The molecule has 2 aliphatic rings. The highest BCUT2D eigenvalue weighted by Gasteiger charge is 2.29. The molecule has 5 nitrogen and oxygen atoms in total. The van der Waals surface area contributed by atoms with E-state index in [9.17, 15) is 4.79 Å². The Labute approximate surface area is 120 Å². The average molecular weight is 276 g/mol. The van der Waals surface area contributed by atoms with Crippen LogP contribution in [-0.2, 0) is 6.54 Å². The number of hydrogen-bond acceptors (Lipinski definition) is 3. The van der Waals surface area contributed by atoms with Gasteiger partial charge in [0.1, 0.15) is 5.69 Å². The van der Waals surface area contributed by atoms with Crippen LogP contribution >= 0.6 is 0 Å². The lowest BCUT2D eigenvalue weighted by atomic mass is 9.75. The summed E-state index contributed by atoms with van der Waals surface area (Å²) >= 11 is 0. The van der Waals surface area contributed by atoms with Crippen LogP contribution in [0.4, 0.5) is 5.95 Å². The van der Waals surface area contributed by atoms with Crippen LogP contribution in [0.15, 0.2) is 6.20 Å². The number of aromatic nitrogens is 2. The van der Waals surface area contributed by atoms with E-state index in [-0.39, 0.29) is 11.9 Å². The summed E-state index contributed by atoms with van der Waals surface area (Å²) in [5.74, 6) is 0.793. The Bertz CT molecular complexity index is 482. The molecule has 1 atom stereocenters. The van der Waals surface area contributed by atoms with Gasteiger partial charge in [-0.3, -0.25) is 4.79 Å². The maximum Gasteiger partial charge on any atom is 0.271 e. The smallest absolute Gasteiger partial charge is 0.271 e. The molecule has 1 amide bonds. The molecule has 110 valence electrons. The second-order valence-electron chi connectivity index (χ2n) is 6.85. The van der Waals surface area contributed by atoms with Gasteiger partial charge in [-0.1, -0.05) is 20.3 Å². The van der Waals surface area contributed by atoms with E-state index in [1.165, 1.54) is 12.8 Å². The van der Waals surface area contributed by atoms with Crippen LogP contribution in [0.25, 0.3) is 0 Å². The maximum absolute atomic E-state index is 12.3. The number of imidazole rings is 1. The number of aryl methyl sites for hydroxylation is 1. The molecule has 0 spiro atoms. The molecule has 5 heteroatoms. The molecule has 0 aromatic carbocycles. The van der Waals surface area contributed by atoms with Crippen molar-refractivity contribution in [2.24, 2.45) is 5.41 Å². The van der Waals surface area contributed by atoms with Crippen LogP contribution in [0.2, 0.25) is 0 Å². The third-order valence-electron chi connectivity index (χ3n) is 4.41. The minimum absolute atomic E-state index is 0.0311. The molecule has 2 heterocycles. The van der Waals surface area contributed by atoms with Crippen molar-refractivity contribution in [2.45, 2.75) is 58.5 Å². The normalized spacial score (nSPS) is 24.6. The molecular formula is C15H24N4O. The van der Waals surface area contributed by atoms with E-state index in [0.717, 1.165) is 38.3 Å². The lowest BCUT2D eigenvalue weighted by Gasteiger charge is -2.35. The van der Waals surface area contributed by atoms with Gasteiger partial charge in [-0.15, -0.1) is 0 Å². The van der Waals surface area contributed by atoms with Gasteiger partial charge in [-0.05, 0) is 31.1 Å². The molecule has 1 aromatic heterocycles. The van der Waals surface area contributed by atoms with E-state index in [1.54, 1.807) is 0 Å². The third kappa shape index (κ3) is 2.81. The number of fused-ring (bicyclic) bond motifs is 1. The number of nitrogens with one attached hydrogen (secondary N) is 2. The standard InChI is InChI=1S/C15H24N4O/c1-15(2)6-3-5-11(9-15)17-13(20)12-10-19-8-4-7-16-14(19)18-12/h10-11H,3-9H2,1-2H3,(H,16,18)(H,17,20). The molecule has 0 saturated heterocycles. The van der Waals surface area contributed by atoms with Crippen molar-refractivity contribution in [3.05, 3.63) is 11.9 Å². The van der Waals surface area contributed by atoms with Crippen LogP contribution < -0.4 is 10.6 Å². The Morgan fingerprint density at radius 1 is 1.50 bits per heavy atom. The number of amides is 1. The van der Waals surface area contributed by atoms with Gasteiger partial charge >= 0.3 is 0 Å². The Morgan fingerprint density at radius 2 is 2.35 bits per heavy atom. The maximum atomic E-state index is 12.3. The summed E-state index contributed by atoms with van der Waals surface area (Å²) in [5.41, 5.74) is 0.878. The molecule has 20 heavy (non-hydrogen) atoms. The second-order valence-corrected chi connectivity index (χ2v) is 6.85. The van der Waals surface area contributed by atoms with Crippen LogP contribution in [0.5, 0.6) is 0 Å². The van der Waals surface area contributed by atoms with Crippen LogP contribution in [-0.4, -0.2) is 28.0 Å². The molecule has 1 aliphatic heterocycles. The number of nitrogens with zero attached hydrogens (tertiary/aromatic N) is 2. The van der Waals surface area contributed by atoms with Gasteiger partial charge in [0, 0.05) is 25.3 Å². The quantitative estimate of drug-likeness (QED) is 0.872. The fourth-order valence-corrected chi connectivity index (χ4v) is 3.37. The van der Waals surface area contributed by atoms with Gasteiger partial charge in [0.05, 0.1) is 0 Å². The summed E-state index contributed by atoms with van der Waals surface area (Å²) < 4.78 is 2.03. The van der Waals surface area contributed by atoms with Gasteiger partial charge in [0.15, 0.2) is 0 Å². The highest BCUT2D eigenvalue weighted by Crippen LogP contribution is 2.35. The summed E-state index contributed by atoms with van der Waals surface area (Å²) in [4.78, 5) is 16.7. The van der Waals surface area contributed by atoms with Crippen LogP contribution in [0.1, 0.15) is 56.4 Å². The van der Waals surface area contributed by atoms with E-state index in [1.807, 2.05) is 10.8 Å². The van der Waals surface area contributed by atoms with Gasteiger partial charge in [-0.2, -0.15) is 0 Å². The van der Waals surface area contributed by atoms with Crippen molar-refractivity contribution in [1.29, 1.82) is 0 Å². The van der Waals surface area contributed by atoms with E-state index < -0.39 is 0 Å². The monoisotopic (exact) mass is 276 g/mol. The first kappa shape index (κ1) is 13.5. The summed E-state index contributed by atoms with van der Waals surface area (Å²) in [6.07, 6.45) is 7.54. The minimum Gasteiger partial charge on any atom is -0.356 e. The summed E-state index contributed by atoms with van der Waals surface area (Å²) in [7, 11) is 0. The zero-order chi connectivity index (χ0) is 14.2. The van der Waals surface area contributed by atoms with Crippen molar-refractivity contribution in [3.63, 3.8) is 0 Å². The molecule has 1 aliphatic carbocycles. The fraction of sp³-hybridized carbons (Fsp3) is 0.733. The minimum atomic E-state index is -0.0311. The van der Waals surface area contributed by atoms with E-state index in [4.69, 9.17) is 0 Å². The first-order chi connectivity index (χ1) is 9.53. The van der Waals surface area contributed by atoms with Gasteiger partial charge in [0.25, 0.3) is 5.91 Å². The molecule has 2 N–H and O–H groups in total. The number of carbonyl (C=O) groups excluding carboxylic acids is 1. The predicted molar refractivity (Wildman–Crippen MR) is 78.8 cm³/mol. The highest BCUT2D eigenvalue weighted by atomic mass is 16.2. The summed E-state index contributed by atoms with van der Waals surface area (Å²) in [6, 6.07) is 0.290. The Kier molecular flexibility index (Phi) is 3.44. The largest absolute Gasteiger partial charge is 0.356 e. The van der Waals surface area contributed by atoms with E-state index in [2.05, 4.69) is 29.5 Å². The zero-order valence-electron chi connectivity index (χ0n) is 12.4. The molecular weight excluding hydrogens is 252 g/mol. The highest BCUT2D eigenvalue weighted by molar-refractivity contribution is 5.92.